The van der Waals surface area contributed by atoms with E-state index in [4.69, 9.17) is 21.1 Å². The number of amides is 1. The van der Waals surface area contributed by atoms with Gasteiger partial charge in [0.25, 0.3) is 5.91 Å². The maximum Gasteiger partial charge on any atom is 0.260 e. The summed E-state index contributed by atoms with van der Waals surface area (Å²) in [4.78, 5) is 12.0. The van der Waals surface area contributed by atoms with Crippen LogP contribution >= 0.6 is 11.6 Å². The Balaban J connectivity index is 1.85. The Hall–Kier alpha value is -1.26. The van der Waals surface area contributed by atoms with E-state index in [0.717, 1.165) is 25.2 Å². The number of hydrogen-bond donors (Lipinski definition) is 1. The first-order valence-electron chi connectivity index (χ1n) is 6.84. The number of nitrogens with one attached hydrogen (secondary N) is 1. The number of halogens is 1. The van der Waals surface area contributed by atoms with Crippen LogP contribution in [-0.2, 0) is 9.53 Å². The van der Waals surface area contributed by atoms with E-state index in [9.17, 15) is 4.79 Å². The molecule has 0 bridgehead atoms. The molecule has 1 aliphatic rings. The molecule has 2 rings (SSSR count). The molecule has 1 N–H and O–H groups in total. The summed E-state index contributed by atoms with van der Waals surface area (Å²) in [5.74, 6) is 0.821. The molecule has 4 nitrogen and oxygen atoms in total. The second-order valence-electron chi connectivity index (χ2n) is 5.17. The van der Waals surface area contributed by atoms with E-state index in [1.807, 2.05) is 19.1 Å². The zero-order valence-electron chi connectivity index (χ0n) is 11.8. The number of hydrogen-bond acceptors (Lipinski definition) is 3. The molecular formula is C15H20ClNO3. The maximum atomic E-state index is 12.0. The van der Waals surface area contributed by atoms with E-state index >= 15 is 0 Å². The monoisotopic (exact) mass is 297 g/mol. The molecule has 0 aromatic heterocycles. The normalized spacial score (nSPS) is 19.6. The van der Waals surface area contributed by atoms with Gasteiger partial charge in [0, 0.05) is 19.1 Å². The summed E-state index contributed by atoms with van der Waals surface area (Å²) in [5, 5.41) is 3.41. The molecule has 1 fully saturated rings. The Kier molecular flexibility index (Phi) is 5.26. The highest BCUT2D eigenvalue weighted by atomic mass is 35.5. The first-order chi connectivity index (χ1) is 9.56. The molecule has 1 aliphatic heterocycles. The Morgan fingerprint density at radius 3 is 3.10 bits per heavy atom. The highest BCUT2D eigenvalue weighted by molar-refractivity contribution is 6.32. The van der Waals surface area contributed by atoms with E-state index in [-0.39, 0.29) is 5.91 Å². The molecule has 5 heteroatoms. The minimum Gasteiger partial charge on any atom is -0.479 e. The zero-order chi connectivity index (χ0) is 14.5. The number of aryl methyl sites for hydroxylation is 1. The Bertz CT molecular complexity index is 472. The van der Waals surface area contributed by atoms with E-state index in [2.05, 4.69) is 5.32 Å². The van der Waals surface area contributed by atoms with Crippen molar-refractivity contribution in [3.8, 4) is 5.75 Å². The quantitative estimate of drug-likeness (QED) is 0.908. The zero-order valence-corrected chi connectivity index (χ0v) is 12.6. The standard InChI is InChI=1S/C15H20ClNO3/c1-10-3-4-13(16)14(7-10)20-11(2)15(18)17-8-12-5-6-19-9-12/h3-4,7,11-12H,5-6,8-9H2,1-2H3,(H,17,18)/t11-,12-/m0/s1. The number of benzene rings is 1. The van der Waals surface area contributed by atoms with Crippen LogP contribution in [0.2, 0.25) is 5.02 Å². The molecule has 2 atom stereocenters. The van der Waals surface area contributed by atoms with Gasteiger partial charge in [0.2, 0.25) is 0 Å². The van der Waals surface area contributed by atoms with Crippen molar-refractivity contribution in [2.75, 3.05) is 19.8 Å². The summed E-state index contributed by atoms with van der Waals surface area (Å²) < 4.78 is 10.9. The lowest BCUT2D eigenvalue weighted by molar-refractivity contribution is -0.127. The van der Waals surface area contributed by atoms with Gasteiger partial charge in [-0.25, -0.2) is 0 Å². The Morgan fingerprint density at radius 1 is 1.60 bits per heavy atom. The van der Waals surface area contributed by atoms with Crippen LogP contribution in [0.1, 0.15) is 18.9 Å². The van der Waals surface area contributed by atoms with Gasteiger partial charge in [-0.1, -0.05) is 17.7 Å². The van der Waals surface area contributed by atoms with Gasteiger partial charge in [0.05, 0.1) is 11.6 Å². The second-order valence-corrected chi connectivity index (χ2v) is 5.58. The highest BCUT2D eigenvalue weighted by Gasteiger charge is 2.20. The molecule has 1 aromatic carbocycles. The Morgan fingerprint density at radius 2 is 2.40 bits per heavy atom. The molecular weight excluding hydrogens is 278 g/mol. The van der Waals surface area contributed by atoms with Gasteiger partial charge >= 0.3 is 0 Å². The average Bonchev–Trinajstić information content (AvgIpc) is 2.93. The molecule has 1 aromatic rings. The SMILES string of the molecule is Cc1ccc(Cl)c(O[C@@H](C)C(=O)NC[C@@H]2CCOC2)c1. The third-order valence-electron chi connectivity index (χ3n) is 3.35. The Labute approximate surface area is 124 Å². The molecule has 1 heterocycles. The fraction of sp³-hybridized carbons (Fsp3) is 0.533. The van der Waals surface area contributed by atoms with Crippen molar-refractivity contribution < 1.29 is 14.3 Å². The third kappa shape index (κ3) is 4.12. The highest BCUT2D eigenvalue weighted by Crippen LogP contribution is 2.26. The van der Waals surface area contributed by atoms with Crippen molar-refractivity contribution in [1.82, 2.24) is 5.32 Å². The molecule has 0 radical (unpaired) electrons. The first-order valence-corrected chi connectivity index (χ1v) is 7.22. The van der Waals surface area contributed by atoms with Crippen molar-refractivity contribution in [1.29, 1.82) is 0 Å². The lowest BCUT2D eigenvalue weighted by atomic mass is 10.1. The summed E-state index contributed by atoms with van der Waals surface area (Å²) in [6.07, 6.45) is 0.427. The summed E-state index contributed by atoms with van der Waals surface area (Å²) in [6, 6.07) is 5.50. The van der Waals surface area contributed by atoms with Gasteiger partial charge in [-0.2, -0.15) is 0 Å². The topological polar surface area (TPSA) is 47.6 Å². The van der Waals surface area contributed by atoms with Gasteiger partial charge in [-0.3, -0.25) is 4.79 Å². The van der Waals surface area contributed by atoms with E-state index in [1.54, 1.807) is 13.0 Å². The number of carbonyl (C=O) groups excluding carboxylic acids is 1. The van der Waals surface area contributed by atoms with Crippen molar-refractivity contribution >= 4 is 17.5 Å². The van der Waals surface area contributed by atoms with Crippen molar-refractivity contribution in [2.24, 2.45) is 5.92 Å². The predicted octanol–water partition coefficient (Wildman–Crippen LogP) is 2.57. The van der Waals surface area contributed by atoms with Crippen LogP contribution < -0.4 is 10.1 Å². The lowest BCUT2D eigenvalue weighted by Crippen LogP contribution is -2.39. The minimum atomic E-state index is -0.573. The van der Waals surface area contributed by atoms with E-state index in [1.165, 1.54) is 0 Å². The van der Waals surface area contributed by atoms with Crippen LogP contribution in [0.4, 0.5) is 0 Å². The van der Waals surface area contributed by atoms with Crippen LogP contribution in [0.25, 0.3) is 0 Å². The second kappa shape index (κ2) is 6.95. The van der Waals surface area contributed by atoms with E-state index < -0.39 is 6.10 Å². The van der Waals surface area contributed by atoms with Gasteiger partial charge in [0.15, 0.2) is 6.10 Å². The molecule has 0 aliphatic carbocycles. The molecule has 0 spiro atoms. The fourth-order valence-corrected chi connectivity index (χ4v) is 2.24. The van der Waals surface area contributed by atoms with Crippen LogP contribution in [0.3, 0.4) is 0 Å². The van der Waals surface area contributed by atoms with E-state index in [0.29, 0.717) is 23.2 Å². The van der Waals surface area contributed by atoms with Crippen molar-refractivity contribution in [2.45, 2.75) is 26.4 Å². The largest absolute Gasteiger partial charge is 0.479 e. The summed E-state index contributed by atoms with van der Waals surface area (Å²) in [6.45, 7) is 5.81. The molecule has 20 heavy (non-hydrogen) atoms. The molecule has 0 saturated carbocycles. The first kappa shape index (κ1) is 15.1. The molecule has 1 saturated heterocycles. The summed E-state index contributed by atoms with van der Waals surface area (Å²) in [7, 11) is 0. The number of ether oxygens (including phenoxy) is 2. The molecule has 1 amide bonds. The van der Waals surface area contributed by atoms with Gasteiger partial charge in [-0.15, -0.1) is 0 Å². The smallest absolute Gasteiger partial charge is 0.260 e. The minimum absolute atomic E-state index is 0.130. The fourth-order valence-electron chi connectivity index (χ4n) is 2.08. The third-order valence-corrected chi connectivity index (χ3v) is 3.66. The van der Waals surface area contributed by atoms with Crippen LogP contribution in [-0.4, -0.2) is 31.8 Å². The average molecular weight is 298 g/mol. The van der Waals surface area contributed by atoms with Crippen LogP contribution in [0.5, 0.6) is 5.75 Å². The maximum absolute atomic E-state index is 12.0. The molecule has 110 valence electrons. The summed E-state index contributed by atoms with van der Waals surface area (Å²) in [5.41, 5.74) is 1.04. The van der Waals surface area contributed by atoms with Crippen molar-refractivity contribution in [3.05, 3.63) is 28.8 Å². The number of carbonyl (C=O) groups is 1. The van der Waals surface area contributed by atoms with Gasteiger partial charge in [-0.05, 0) is 38.0 Å². The van der Waals surface area contributed by atoms with Crippen LogP contribution in [0.15, 0.2) is 18.2 Å². The lowest BCUT2D eigenvalue weighted by Gasteiger charge is -2.17. The van der Waals surface area contributed by atoms with Gasteiger partial charge < -0.3 is 14.8 Å². The van der Waals surface area contributed by atoms with Crippen molar-refractivity contribution in [3.63, 3.8) is 0 Å². The predicted molar refractivity (Wildman–Crippen MR) is 78.2 cm³/mol. The van der Waals surface area contributed by atoms with Gasteiger partial charge in [0.1, 0.15) is 5.75 Å². The van der Waals surface area contributed by atoms with Crippen LogP contribution in [0, 0.1) is 12.8 Å². The molecule has 0 unspecified atom stereocenters. The summed E-state index contributed by atoms with van der Waals surface area (Å²) >= 11 is 6.05. The number of rotatable bonds is 5.